The number of alkyl halides is 3. The van der Waals surface area contributed by atoms with Gasteiger partial charge in [0.15, 0.2) is 0 Å². The van der Waals surface area contributed by atoms with Gasteiger partial charge in [-0.3, -0.25) is 9.59 Å². The standard InChI is InChI=1S/C28H32F3N3O5/c29-28(30,31)39-23-13-11-22(12-14-23)33-27(38)34-25(19-5-3-18(4-6-19)17-1-2-17)20-7-9-21(10-8-20)26(37)32-16-15-24(35)36/h7-14,17-19,25H,1-6,15-16H2,(H,32,37)(H,35,36)(H2,33,34,38). The van der Waals surface area contributed by atoms with Gasteiger partial charge in [0.1, 0.15) is 5.75 Å². The van der Waals surface area contributed by atoms with Crippen molar-refractivity contribution in [1.29, 1.82) is 0 Å². The second-order valence-electron chi connectivity index (χ2n) is 10.2. The van der Waals surface area contributed by atoms with E-state index in [1.807, 2.05) is 0 Å². The summed E-state index contributed by atoms with van der Waals surface area (Å²) < 4.78 is 41.1. The lowest BCUT2D eigenvalue weighted by Gasteiger charge is -2.35. The van der Waals surface area contributed by atoms with E-state index in [0.29, 0.717) is 11.3 Å². The summed E-state index contributed by atoms with van der Waals surface area (Å²) in [6, 6.07) is 10.9. The van der Waals surface area contributed by atoms with Gasteiger partial charge in [-0.15, -0.1) is 13.2 Å². The maximum atomic E-state index is 12.9. The van der Waals surface area contributed by atoms with Crippen LogP contribution in [-0.2, 0) is 4.79 Å². The summed E-state index contributed by atoms with van der Waals surface area (Å²) in [5.41, 5.74) is 1.52. The van der Waals surface area contributed by atoms with E-state index in [9.17, 15) is 27.6 Å². The van der Waals surface area contributed by atoms with Gasteiger partial charge in [-0.2, -0.15) is 0 Å². The molecule has 0 radical (unpaired) electrons. The molecule has 0 heterocycles. The average Bonchev–Trinajstić information content (AvgIpc) is 3.73. The van der Waals surface area contributed by atoms with Crippen LogP contribution < -0.4 is 20.7 Å². The highest BCUT2D eigenvalue weighted by atomic mass is 19.4. The van der Waals surface area contributed by atoms with Crippen LogP contribution in [0.4, 0.5) is 23.7 Å². The first-order valence-electron chi connectivity index (χ1n) is 13.1. The minimum Gasteiger partial charge on any atom is -0.481 e. The summed E-state index contributed by atoms with van der Waals surface area (Å²) in [6.45, 7) is 0.0216. The first-order chi connectivity index (χ1) is 18.6. The molecule has 2 aliphatic rings. The van der Waals surface area contributed by atoms with E-state index in [4.69, 9.17) is 5.11 Å². The van der Waals surface area contributed by atoms with Crippen LogP contribution in [0.25, 0.3) is 0 Å². The zero-order valence-electron chi connectivity index (χ0n) is 21.3. The fourth-order valence-electron chi connectivity index (χ4n) is 5.27. The molecule has 0 aromatic heterocycles. The van der Waals surface area contributed by atoms with Crippen molar-refractivity contribution >= 4 is 23.6 Å². The fraction of sp³-hybridized carbons (Fsp3) is 0.464. The van der Waals surface area contributed by atoms with Gasteiger partial charge in [0.2, 0.25) is 0 Å². The van der Waals surface area contributed by atoms with Gasteiger partial charge in [0.05, 0.1) is 12.5 Å². The molecule has 0 spiro atoms. The summed E-state index contributed by atoms with van der Waals surface area (Å²) >= 11 is 0. The molecule has 2 aromatic carbocycles. The smallest absolute Gasteiger partial charge is 0.481 e. The summed E-state index contributed by atoms with van der Waals surface area (Å²) in [5.74, 6) is -0.0314. The Labute approximate surface area is 224 Å². The fourth-order valence-corrected chi connectivity index (χ4v) is 5.27. The number of carbonyl (C=O) groups is 3. The summed E-state index contributed by atoms with van der Waals surface area (Å²) in [7, 11) is 0. The molecule has 210 valence electrons. The van der Waals surface area contributed by atoms with Crippen molar-refractivity contribution in [2.24, 2.45) is 17.8 Å². The molecular formula is C28H32F3N3O5. The number of rotatable bonds is 10. The van der Waals surface area contributed by atoms with Crippen molar-refractivity contribution < 1.29 is 37.4 Å². The van der Waals surface area contributed by atoms with Crippen LogP contribution in [0.5, 0.6) is 5.75 Å². The Bertz CT molecular complexity index is 1140. The molecule has 1 atom stereocenters. The van der Waals surface area contributed by atoms with E-state index in [2.05, 4.69) is 20.7 Å². The van der Waals surface area contributed by atoms with E-state index in [1.54, 1.807) is 24.3 Å². The molecule has 4 N–H and O–H groups in total. The number of carboxylic acid groups (broad SMARTS) is 1. The number of carbonyl (C=O) groups excluding carboxylic acids is 2. The highest BCUT2D eigenvalue weighted by Crippen LogP contribution is 2.47. The number of aliphatic carboxylic acids is 1. The van der Waals surface area contributed by atoms with E-state index >= 15 is 0 Å². The Balaban J connectivity index is 1.42. The molecule has 2 aromatic rings. The van der Waals surface area contributed by atoms with Gasteiger partial charge in [-0.25, -0.2) is 4.79 Å². The van der Waals surface area contributed by atoms with E-state index in [0.717, 1.165) is 55.2 Å². The molecule has 39 heavy (non-hydrogen) atoms. The Hall–Kier alpha value is -3.76. The molecule has 2 fully saturated rings. The van der Waals surface area contributed by atoms with Crippen LogP contribution in [0.2, 0.25) is 0 Å². The zero-order chi connectivity index (χ0) is 28.0. The molecule has 4 rings (SSSR count). The SMILES string of the molecule is O=C(O)CCNC(=O)c1ccc(C(NC(=O)Nc2ccc(OC(F)(F)F)cc2)C2CCC(C3CC3)CC2)cc1. The quantitative estimate of drug-likeness (QED) is 0.297. The van der Waals surface area contributed by atoms with Crippen LogP contribution in [-0.4, -0.2) is 35.9 Å². The van der Waals surface area contributed by atoms with Gasteiger partial charge >= 0.3 is 18.4 Å². The van der Waals surface area contributed by atoms with E-state index in [-0.39, 0.29) is 36.6 Å². The molecule has 11 heteroatoms. The highest BCUT2D eigenvalue weighted by molar-refractivity contribution is 5.94. The molecule has 0 aliphatic heterocycles. The minimum atomic E-state index is -4.80. The Morgan fingerprint density at radius 2 is 1.49 bits per heavy atom. The first-order valence-corrected chi connectivity index (χ1v) is 13.1. The van der Waals surface area contributed by atoms with Crippen LogP contribution >= 0.6 is 0 Å². The molecule has 0 bridgehead atoms. The van der Waals surface area contributed by atoms with Crippen molar-refractivity contribution in [3.63, 3.8) is 0 Å². The number of anilines is 1. The van der Waals surface area contributed by atoms with Gasteiger partial charge in [0, 0.05) is 17.8 Å². The summed E-state index contributed by atoms with van der Waals surface area (Å²) in [5, 5.41) is 17.0. The number of nitrogens with one attached hydrogen (secondary N) is 3. The van der Waals surface area contributed by atoms with Crippen molar-refractivity contribution in [1.82, 2.24) is 10.6 Å². The Morgan fingerprint density at radius 1 is 0.897 bits per heavy atom. The predicted octanol–water partition coefficient (Wildman–Crippen LogP) is 5.87. The monoisotopic (exact) mass is 547 g/mol. The Kier molecular flexibility index (Phi) is 8.98. The lowest BCUT2D eigenvalue weighted by Crippen LogP contribution is -2.38. The number of hydrogen-bond acceptors (Lipinski definition) is 4. The van der Waals surface area contributed by atoms with Gasteiger partial charge in [0.25, 0.3) is 5.91 Å². The van der Waals surface area contributed by atoms with Crippen molar-refractivity contribution in [3.8, 4) is 5.75 Å². The third-order valence-electron chi connectivity index (χ3n) is 7.37. The number of hydrogen-bond donors (Lipinski definition) is 4. The van der Waals surface area contributed by atoms with Crippen molar-refractivity contribution in [2.75, 3.05) is 11.9 Å². The van der Waals surface area contributed by atoms with Crippen LogP contribution in [0.1, 0.15) is 66.9 Å². The molecule has 2 aliphatic carbocycles. The van der Waals surface area contributed by atoms with Crippen molar-refractivity contribution in [3.05, 3.63) is 59.7 Å². The number of urea groups is 1. The average molecular weight is 548 g/mol. The summed E-state index contributed by atoms with van der Waals surface area (Å²) in [4.78, 5) is 36.0. The lowest BCUT2D eigenvalue weighted by molar-refractivity contribution is -0.274. The number of carboxylic acids is 1. The molecule has 0 saturated heterocycles. The summed E-state index contributed by atoms with van der Waals surface area (Å²) in [6.07, 6.45) is 1.71. The van der Waals surface area contributed by atoms with E-state index in [1.165, 1.54) is 25.0 Å². The number of ether oxygens (including phenoxy) is 1. The second-order valence-corrected chi connectivity index (χ2v) is 10.2. The third-order valence-corrected chi connectivity index (χ3v) is 7.37. The Morgan fingerprint density at radius 3 is 2.03 bits per heavy atom. The number of halogens is 3. The predicted molar refractivity (Wildman–Crippen MR) is 137 cm³/mol. The largest absolute Gasteiger partial charge is 0.573 e. The minimum absolute atomic E-state index is 0.0216. The maximum Gasteiger partial charge on any atom is 0.573 e. The highest BCUT2D eigenvalue weighted by Gasteiger charge is 2.37. The van der Waals surface area contributed by atoms with Crippen LogP contribution in [0.15, 0.2) is 48.5 Å². The normalized spacial score (nSPS) is 20.0. The molecule has 3 amide bonds. The molecular weight excluding hydrogens is 515 g/mol. The molecule has 8 nitrogen and oxygen atoms in total. The first kappa shape index (κ1) is 28.3. The number of amides is 3. The second kappa shape index (κ2) is 12.4. The lowest BCUT2D eigenvalue weighted by atomic mass is 9.75. The van der Waals surface area contributed by atoms with Gasteiger partial charge in [-0.1, -0.05) is 12.1 Å². The number of benzene rings is 2. The van der Waals surface area contributed by atoms with Gasteiger partial charge in [-0.05, 0) is 98.2 Å². The molecule has 2 saturated carbocycles. The zero-order valence-corrected chi connectivity index (χ0v) is 21.3. The topological polar surface area (TPSA) is 117 Å². The van der Waals surface area contributed by atoms with Crippen LogP contribution in [0.3, 0.4) is 0 Å². The van der Waals surface area contributed by atoms with Crippen LogP contribution in [0, 0.1) is 17.8 Å². The maximum absolute atomic E-state index is 12.9. The molecule has 1 unspecified atom stereocenters. The third kappa shape index (κ3) is 8.62. The van der Waals surface area contributed by atoms with Gasteiger partial charge < -0.3 is 25.8 Å². The van der Waals surface area contributed by atoms with E-state index < -0.39 is 18.4 Å². The van der Waals surface area contributed by atoms with Crippen molar-refractivity contribution in [2.45, 2.75) is 57.3 Å².